The summed E-state index contributed by atoms with van der Waals surface area (Å²) in [5, 5.41) is 8.35. The number of nitrogens with one attached hydrogen (secondary N) is 1. The number of nitrogens with zero attached hydrogens (tertiary/aromatic N) is 2. The summed E-state index contributed by atoms with van der Waals surface area (Å²) in [4.78, 5) is 25.3. The van der Waals surface area contributed by atoms with Crippen LogP contribution in [0.2, 0.25) is 0 Å². The first-order valence-electron chi connectivity index (χ1n) is 9.20. The number of terminal acetylenes is 1. The molecule has 1 N–H and O–H groups in total. The molecule has 4 rings (SSSR count). The van der Waals surface area contributed by atoms with E-state index in [1.807, 2.05) is 18.2 Å². The maximum absolute atomic E-state index is 12.8. The number of carbonyl (C=O) groups excluding carboxylic acids is 1. The maximum atomic E-state index is 12.8. The van der Waals surface area contributed by atoms with E-state index in [9.17, 15) is 9.59 Å². The van der Waals surface area contributed by atoms with Crippen molar-refractivity contribution in [2.75, 3.05) is 0 Å². The third-order valence-electron chi connectivity index (χ3n) is 4.72. The van der Waals surface area contributed by atoms with Gasteiger partial charge in [-0.15, -0.1) is 6.42 Å². The molecule has 1 amide bonds. The predicted octanol–water partition coefficient (Wildman–Crippen LogP) is 1.87. The maximum Gasteiger partial charge on any atom is 0.275 e. The Morgan fingerprint density at radius 3 is 2.52 bits per heavy atom. The zero-order valence-electron chi connectivity index (χ0n) is 15.8. The molecule has 2 heterocycles. The first-order chi connectivity index (χ1) is 14.1. The van der Waals surface area contributed by atoms with E-state index >= 15 is 0 Å². The highest BCUT2D eigenvalue weighted by atomic mass is 16.6. The fraction of sp³-hybridized carbons (Fsp3) is 0.227. The van der Waals surface area contributed by atoms with E-state index < -0.39 is 12.2 Å². The van der Waals surface area contributed by atoms with Crippen LogP contribution in [0.4, 0.5) is 0 Å². The number of rotatable bonds is 4. The summed E-state index contributed by atoms with van der Waals surface area (Å²) in [7, 11) is 0. The minimum Gasteiger partial charge on any atom is -0.482 e. The highest BCUT2D eigenvalue weighted by molar-refractivity contribution is 5.85. The van der Waals surface area contributed by atoms with Gasteiger partial charge in [0.05, 0.1) is 17.6 Å². The molecule has 0 saturated heterocycles. The van der Waals surface area contributed by atoms with E-state index in [0.29, 0.717) is 28.0 Å². The Kier molecular flexibility index (Phi) is 4.92. The molecule has 0 aliphatic carbocycles. The molecule has 0 saturated carbocycles. The summed E-state index contributed by atoms with van der Waals surface area (Å²) < 4.78 is 12.8. The van der Waals surface area contributed by atoms with Crippen LogP contribution in [-0.4, -0.2) is 27.9 Å². The van der Waals surface area contributed by atoms with Crippen molar-refractivity contribution in [3.63, 3.8) is 0 Å². The Bertz CT molecular complexity index is 1180. The lowest BCUT2D eigenvalue weighted by Crippen LogP contribution is -2.49. The van der Waals surface area contributed by atoms with Crippen LogP contribution in [0.5, 0.6) is 11.5 Å². The second-order valence-corrected chi connectivity index (χ2v) is 6.69. The van der Waals surface area contributed by atoms with E-state index in [2.05, 4.69) is 16.3 Å². The van der Waals surface area contributed by atoms with Gasteiger partial charge in [0, 0.05) is 5.39 Å². The van der Waals surface area contributed by atoms with Gasteiger partial charge in [-0.2, -0.15) is 5.10 Å². The van der Waals surface area contributed by atoms with Crippen molar-refractivity contribution in [1.29, 1.82) is 0 Å². The van der Waals surface area contributed by atoms with Gasteiger partial charge in [0.1, 0.15) is 12.6 Å². The number of hydrogen-bond acceptors (Lipinski definition) is 5. The molecule has 0 fully saturated rings. The van der Waals surface area contributed by atoms with Crippen molar-refractivity contribution in [2.45, 2.75) is 32.2 Å². The monoisotopic (exact) mass is 389 g/mol. The van der Waals surface area contributed by atoms with E-state index in [0.717, 1.165) is 0 Å². The first-order valence-corrected chi connectivity index (χ1v) is 9.20. The highest BCUT2D eigenvalue weighted by Crippen LogP contribution is 2.33. The van der Waals surface area contributed by atoms with Crippen LogP contribution >= 0.6 is 0 Å². The summed E-state index contributed by atoms with van der Waals surface area (Å²) in [6.45, 7) is 1.96. The van der Waals surface area contributed by atoms with Crippen molar-refractivity contribution in [1.82, 2.24) is 15.1 Å². The number of ether oxygens (including phenoxy) is 2. The zero-order valence-corrected chi connectivity index (χ0v) is 15.8. The second kappa shape index (κ2) is 7.68. The van der Waals surface area contributed by atoms with Gasteiger partial charge in [-0.3, -0.25) is 9.59 Å². The minimum atomic E-state index is -0.798. The fourth-order valence-electron chi connectivity index (χ4n) is 3.31. The van der Waals surface area contributed by atoms with Crippen molar-refractivity contribution in [2.24, 2.45) is 0 Å². The number of hydrogen-bond donors (Lipinski definition) is 1. The van der Waals surface area contributed by atoms with Crippen LogP contribution in [0.15, 0.2) is 53.3 Å². The summed E-state index contributed by atoms with van der Waals surface area (Å²) in [6.07, 6.45) is 4.10. The van der Waals surface area contributed by atoms with Gasteiger partial charge >= 0.3 is 0 Å². The fourth-order valence-corrected chi connectivity index (χ4v) is 3.31. The second-order valence-electron chi connectivity index (χ2n) is 6.69. The third kappa shape index (κ3) is 3.52. The summed E-state index contributed by atoms with van der Waals surface area (Å²) in [5.41, 5.74) is 0.288. The van der Waals surface area contributed by atoms with Crippen molar-refractivity contribution in [3.05, 3.63) is 64.6 Å². The molecule has 2 unspecified atom stereocenters. The number of benzene rings is 2. The van der Waals surface area contributed by atoms with Crippen molar-refractivity contribution in [3.8, 4) is 23.8 Å². The molecule has 29 heavy (non-hydrogen) atoms. The molecule has 7 heteroatoms. The average molecular weight is 389 g/mol. The topological polar surface area (TPSA) is 82.5 Å². The highest BCUT2D eigenvalue weighted by Gasteiger charge is 2.34. The van der Waals surface area contributed by atoms with Crippen molar-refractivity contribution >= 4 is 16.7 Å². The lowest BCUT2D eigenvalue weighted by atomic mass is 10.1. The quantitative estimate of drug-likeness (QED) is 0.689. The molecule has 146 valence electrons. The lowest BCUT2D eigenvalue weighted by molar-refractivity contribution is -0.133. The summed E-state index contributed by atoms with van der Waals surface area (Å²) >= 11 is 0. The molecule has 2 aromatic carbocycles. The molecule has 2 atom stereocenters. The molecule has 1 aliphatic heterocycles. The van der Waals surface area contributed by atoms with E-state index in [-0.39, 0.29) is 24.6 Å². The number of amides is 1. The van der Waals surface area contributed by atoms with E-state index in [4.69, 9.17) is 15.9 Å². The molecule has 1 aliphatic rings. The molecule has 0 radical (unpaired) electrons. The first kappa shape index (κ1) is 18.6. The van der Waals surface area contributed by atoms with Crippen LogP contribution in [0.1, 0.15) is 12.6 Å². The molecule has 0 bridgehead atoms. The van der Waals surface area contributed by atoms with Gasteiger partial charge in [-0.1, -0.05) is 36.3 Å². The lowest BCUT2D eigenvalue weighted by Gasteiger charge is -2.31. The third-order valence-corrected chi connectivity index (χ3v) is 4.72. The Morgan fingerprint density at radius 2 is 1.79 bits per heavy atom. The van der Waals surface area contributed by atoms with Crippen LogP contribution < -0.4 is 20.3 Å². The van der Waals surface area contributed by atoms with Gasteiger partial charge < -0.3 is 14.8 Å². The smallest absolute Gasteiger partial charge is 0.275 e. The largest absolute Gasteiger partial charge is 0.482 e. The number of carbonyl (C=O) groups is 1. The van der Waals surface area contributed by atoms with Gasteiger partial charge in [0.15, 0.2) is 11.5 Å². The van der Waals surface area contributed by atoms with Crippen LogP contribution in [0.3, 0.4) is 0 Å². The van der Waals surface area contributed by atoms with E-state index in [1.165, 1.54) is 4.68 Å². The molecule has 3 aromatic rings. The summed E-state index contributed by atoms with van der Waals surface area (Å²) in [6, 6.07) is 14.3. The zero-order chi connectivity index (χ0) is 20.4. The van der Waals surface area contributed by atoms with Crippen molar-refractivity contribution < 1.29 is 14.3 Å². The van der Waals surface area contributed by atoms with E-state index in [1.54, 1.807) is 37.3 Å². The summed E-state index contributed by atoms with van der Waals surface area (Å²) in [5.74, 6) is 3.23. The Labute approximate surface area is 167 Å². The molecule has 7 nitrogen and oxygen atoms in total. The number of fused-ring (bicyclic) bond motifs is 2. The molecular weight excluding hydrogens is 370 g/mol. The van der Waals surface area contributed by atoms with Crippen LogP contribution in [-0.2, 0) is 17.9 Å². The van der Waals surface area contributed by atoms with Gasteiger partial charge in [0.25, 0.3) is 11.5 Å². The molecule has 0 spiro atoms. The molecular formula is C22H19N3O4. The Morgan fingerprint density at radius 1 is 1.14 bits per heavy atom. The van der Waals surface area contributed by atoms with Crippen LogP contribution in [0, 0.1) is 12.3 Å². The minimum absolute atomic E-state index is 0.0536. The number of aromatic nitrogens is 2. The predicted molar refractivity (Wildman–Crippen MR) is 108 cm³/mol. The average Bonchev–Trinajstić information content (AvgIpc) is 2.74. The SMILES string of the molecule is C#CCn1nc(CNC(=O)C2Oc3ccccc3OC2C)c2ccccc2c1=O. The Balaban J connectivity index is 1.57. The standard InChI is InChI=1S/C22H19N3O4/c1-3-12-25-22(27)16-9-5-4-8-15(16)17(24-25)13-23-21(26)20-14(2)28-18-10-6-7-11-19(18)29-20/h1,4-11,14,20H,12-13H2,2H3,(H,23,26). The van der Waals surface area contributed by atoms with Gasteiger partial charge in [-0.25, -0.2) is 4.68 Å². The molecule has 1 aromatic heterocycles. The number of para-hydroxylation sites is 2. The Hall–Kier alpha value is -3.79. The van der Waals surface area contributed by atoms with Gasteiger partial charge in [-0.05, 0) is 25.1 Å². The normalized spacial score (nSPS) is 17.5. The van der Waals surface area contributed by atoms with Crippen LogP contribution in [0.25, 0.3) is 10.8 Å². The van der Waals surface area contributed by atoms with Gasteiger partial charge in [0.2, 0.25) is 6.10 Å².